The van der Waals surface area contributed by atoms with Gasteiger partial charge in [-0.05, 0) is 57.4 Å². The van der Waals surface area contributed by atoms with E-state index in [2.05, 4.69) is 19.9 Å². The fourth-order valence-corrected chi connectivity index (χ4v) is 4.69. The van der Waals surface area contributed by atoms with Gasteiger partial charge in [-0.25, -0.2) is 18.1 Å². The minimum atomic E-state index is -3.78. The summed E-state index contributed by atoms with van der Waals surface area (Å²) >= 11 is 0. The second kappa shape index (κ2) is 8.70. The molecule has 0 spiro atoms. The summed E-state index contributed by atoms with van der Waals surface area (Å²) < 4.78 is 27.6. The Hall–Kier alpha value is -2.45. The molecular formula is C20H26N4O3S. The van der Waals surface area contributed by atoms with E-state index in [0.717, 1.165) is 31.7 Å². The zero-order valence-corrected chi connectivity index (χ0v) is 17.0. The van der Waals surface area contributed by atoms with Crippen LogP contribution in [0.2, 0.25) is 0 Å². The Bertz CT molecular complexity index is 921. The van der Waals surface area contributed by atoms with Gasteiger partial charge in [0.05, 0.1) is 22.3 Å². The third-order valence-electron chi connectivity index (χ3n) is 4.50. The Morgan fingerprint density at radius 1 is 1.07 bits per heavy atom. The van der Waals surface area contributed by atoms with E-state index in [1.165, 1.54) is 18.6 Å². The number of carbonyl (C=O) groups is 1. The molecule has 150 valence electrons. The fourth-order valence-electron chi connectivity index (χ4n) is 3.23. The molecular weight excluding hydrogens is 376 g/mol. The molecule has 1 aromatic heterocycles. The van der Waals surface area contributed by atoms with Crippen LogP contribution in [0.15, 0.2) is 47.5 Å². The first-order valence-electron chi connectivity index (χ1n) is 9.50. The van der Waals surface area contributed by atoms with Crippen LogP contribution in [-0.4, -0.2) is 38.4 Å². The van der Waals surface area contributed by atoms with Crippen molar-refractivity contribution in [3.8, 4) is 0 Å². The van der Waals surface area contributed by atoms with Crippen LogP contribution in [0.4, 0.5) is 11.5 Å². The Labute approximate surface area is 166 Å². The van der Waals surface area contributed by atoms with Gasteiger partial charge in [-0.2, -0.15) is 0 Å². The highest BCUT2D eigenvalue weighted by Crippen LogP contribution is 2.21. The Kier molecular flexibility index (Phi) is 6.31. The molecule has 8 heteroatoms. The van der Waals surface area contributed by atoms with Crippen LogP contribution in [0.25, 0.3) is 0 Å². The van der Waals surface area contributed by atoms with Crippen molar-refractivity contribution in [2.24, 2.45) is 0 Å². The zero-order valence-electron chi connectivity index (χ0n) is 16.2. The van der Waals surface area contributed by atoms with Gasteiger partial charge in [-0.3, -0.25) is 4.79 Å². The van der Waals surface area contributed by atoms with E-state index < -0.39 is 15.9 Å². The molecule has 0 radical (unpaired) electrons. The maximum atomic E-state index is 12.7. The van der Waals surface area contributed by atoms with E-state index >= 15 is 0 Å². The number of pyridine rings is 1. The van der Waals surface area contributed by atoms with Gasteiger partial charge in [0.25, 0.3) is 5.91 Å². The monoisotopic (exact) mass is 402 g/mol. The van der Waals surface area contributed by atoms with Crippen molar-refractivity contribution in [2.75, 3.05) is 23.3 Å². The number of anilines is 2. The summed E-state index contributed by atoms with van der Waals surface area (Å²) in [6.07, 6.45) is 5.18. The second-order valence-corrected chi connectivity index (χ2v) is 8.86. The average Bonchev–Trinajstić information content (AvgIpc) is 2.68. The molecule has 2 N–H and O–H groups in total. The van der Waals surface area contributed by atoms with Gasteiger partial charge in [0.1, 0.15) is 5.82 Å². The molecule has 1 fully saturated rings. The van der Waals surface area contributed by atoms with Gasteiger partial charge >= 0.3 is 0 Å². The predicted molar refractivity (Wildman–Crippen MR) is 110 cm³/mol. The van der Waals surface area contributed by atoms with E-state index in [-0.39, 0.29) is 16.5 Å². The number of hydrogen-bond acceptors (Lipinski definition) is 5. The third kappa shape index (κ3) is 4.88. The number of benzene rings is 1. The van der Waals surface area contributed by atoms with E-state index in [9.17, 15) is 13.2 Å². The lowest BCUT2D eigenvalue weighted by Gasteiger charge is -2.27. The van der Waals surface area contributed by atoms with E-state index in [4.69, 9.17) is 0 Å². The Morgan fingerprint density at radius 2 is 1.79 bits per heavy atom. The van der Waals surface area contributed by atoms with Crippen LogP contribution in [0, 0.1) is 0 Å². The molecule has 1 aliphatic heterocycles. The lowest BCUT2D eigenvalue weighted by molar-refractivity contribution is 0.102. The highest BCUT2D eigenvalue weighted by atomic mass is 32.2. The van der Waals surface area contributed by atoms with Crippen LogP contribution in [0.3, 0.4) is 0 Å². The molecule has 1 aliphatic rings. The van der Waals surface area contributed by atoms with Crippen LogP contribution >= 0.6 is 0 Å². The molecule has 0 bridgehead atoms. The van der Waals surface area contributed by atoms with Crippen molar-refractivity contribution in [1.29, 1.82) is 0 Å². The summed E-state index contributed by atoms with van der Waals surface area (Å²) in [5.41, 5.74) is 0.616. The van der Waals surface area contributed by atoms with Gasteiger partial charge in [0, 0.05) is 19.1 Å². The zero-order chi connectivity index (χ0) is 20.1. The molecule has 2 heterocycles. The summed E-state index contributed by atoms with van der Waals surface area (Å²) in [5.74, 6) is 0.402. The summed E-state index contributed by atoms with van der Waals surface area (Å²) in [7, 11) is -3.78. The second-order valence-electron chi connectivity index (χ2n) is 7.18. The van der Waals surface area contributed by atoms with Crippen LogP contribution in [-0.2, 0) is 10.0 Å². The SMILES string of the molecule is CC(C)NS(=O)(=O)c1ccccc1C(=O)Nc1ccc(N2CCCCC2)nc1. The molecule has 1 aromatic carbocycles. The molecule has 1 saturated heterocycles. The summed E-state index contributed by atoms with van der Waals surface area (Å²) in [4.78, 5) is 19.3. The van der Waals surface area contributed by atoms with Crippen molar-refractivity contribution in [1.82, 2.24) is 9.71 Å². The number of hydrogen-bond donors (Lipinski definition) is 2. The maximum absolute atomic E-state index is 12.7. The van der Waals surface area contributed by atoms with Gasteiger partial charge in [-0.15, -0.1) is 0 Å². The van der Waals surface area contributed by atoms with Gasteiger partial charge in [-0.1, -0.05) is 12.1 Å². The number of amides is 1. The van der Waals surface area contributed by atoms with Crippen molar-refractivity contribution in [3.63, 3.8) is 0 Å². The standard InChI is InChI=1S/C20H26N4O3S/c1-15(2)23-28(26,27)18-9-5-4-8-17(18)20(25)22-16-10-11-19(21-14-16)24-12-6-3-7-13-24/h4-5,8-11,14-15,23H,3,6-7,12-13H2,1-2H3,(H,22,25). The van der Waals surface area contributed by atoms with Gasteiger partial charge in [0.2, 0.25) is 10.0 Å². The number of carbonyl (C=O) groups excluding carboxylic acids is 1. The van der Waals surface area contributed by atoms with Crippen molar-refractivity contribution in [3.05, 3.63) is 48.2 Å². The van der Waals surface area contributed by atoms with Crippen molar-refractivity contribution in [2.45, 2.75) is 44.0 Å². The Morgan fingerprint density at radius 3 is 2.43 bits per heavy atom. The topological polar surface area (TPSA) is 91.4 Å². The minimum Gasteiger partial charge on any atom is -0.357 e. The Balaban J connectivity index is 1.76. The van der Waals surface area contributed by atoms with E-state index in [1.54, 1.807) is 38.2 Å². The number of nitrogens with one attached hydrogen (secondary N) is 2. The van der Waals surface area contributed by atoms with Crippen LogP contribution in [0.1, 0.15) is 43.5 Å². The first kappa shape index (κ1) is 20.3. The molecule has 7 nitrogen and oxygen atoms in total. The molecule has 0 unspecified atom stereocenters. The molecule has 3 rings (SSSR count). The number of rotatable bonds is 6. The molecule has 0 aliphatic carbocycles. The molecule has 1 amide bonds. The summed E-state index contributed by atoms with van der Waals surface area (Å²) in [6, 6.07) is 9.56. The molecule has 0 saturated carbocycles. The fraction of sp³-hybridized carbons (Fsp3) is 0.400. The number of nitrogens with zero attached hydrogens (tertiary/aromatic N) is 2. The quantitative estimate of drug-likeness (QED) is 0.775. The highest BCUT2D eigenvalue weighted by Gasteiger charge is 2.23. The average molecular weight is 403 g/mol. The lowest BCUT2D eigenvalue weighted by Crippen LogP contribution is -2.32. The first-order chi connectivity index (χ1) is 13.4. The number of sulfonamides is 1. The maximum Gasteiger partial charge on any atom is 0.257 e. The first-order valence-corrected chi connectivity index (χ1v) is 11.0. The van der Waals surface area contributed by atoms with E-state index in [1.807, 2.05) is 6.07 Å². The van der Waals surface area contributed by atoms with Gasteiger partial charge < -0.3 is 10.2 Å². The summed E-state index contributed by atoms with van der Waals surface area (Å²) in [5, 5.41) is 2.74. The van der Waals surface area contributed by atoms with Crippen LogP contribution < -0.4 is 14.9 Å². The normalized spacial score (nSPS) is 14.9. The number of piperidine rings is 1. The lowest BCUT2D eigenvalue weighted by atomic mass is 10.1. The molecule has 0 atom stereocenters. The van der Waals surface area contributed by atoms with E-state index in [0.29, 0.717) is 5.69 Å². The summed E-state index contributed by atoms with van der Waals surface area (Å²) in [6.45, 7) is 5.45. The molecule has 28 heavy (non-hydrogen) atoms. The predicted octanol–water partition coefficient (Wildman–Crippen LogP) is 3.01. The minimum absolute atomic E-state index is 0.0425. The number of aromatic nitrogens is 1. The van der Waals surface area contributed by atoms with Crippen molar-refractivity contribution < 1.29 is 13.2 Å². The van der Waals surface area contributed by atoms with Gasteiger partial charge in [0.15, 0.2) is 0 Å². The smallest absolute Gasteiger partial charge is 0.257 e. The van der Waals surface area contributed by atoms with Crippen LogP contribution in [0.5, 0.6) is 0 Å². The van der Waals surface area contributed by atoms with Crippen molar-refractivity contribution >= 4 is 27.4 Å². The molecule has 2 aromatic rings. The largest absolute Gasteiger partial charge is 0.357 e. The highest BCUT2D eigenvalue weighted by molar-refractivity contribution is 7.89. The third-order valence-corrected chi connectivity index (χ3v) is 6.21.